The first-order valence-electron chi connectivity index (χ1n) is 6.76. The van der Waals surface area contributed by atoms with Crippen LogP contribution >= 0.6 is 0 Å². The van der Waals surface area contributed by atoms with Crippen LogP contribution in [0.15, 0.2) is 42.6 Å². The summed E-state index contributed by atoms with van der Waals surface area (Å²) >= 11 is 0. The molecule has 3 nitrogen and oxygen atoms in total. The molecule has 0 saturated heterocycles. The van der Waals surface area contributed by atoms with Crippen LogP contribution < -0.4 is 0 Å². The Morgan fingerprint density at radius 2 is 1.85 bits per heavy atom. The standard InChI is InChI=1S/C17H21NO2/c1-17(2,3)15-10-14(11-18(15)4)16(19)20-12-13-8-6-5-7-9-13/h5-11H,12H2,1-4H3. The number of benzene rings is 1. The molecule has 0 amide bonds. The van der Waals surface area contributed by atoms with Gasteiger partial charge >= 0.3 is 5.97 Å². The van der Waals surface area contributed by atoms with E-state index in [0.29, 0.717) is 12.2 Å². The van der Waals surface area contributed by atoms with Crippen LogP contribution in [-0.2, 0) is 23.8 Å². The summed E-state index contributed by atoms with van der Waals surface area (Å²) in [7, 11) is 1.95. The van der Waals surface area contributed by atoms with Crippen LogP contribution in [0.4, 0.5) is 0 Å². The van der Waals surface area contributed by atoms with E-state index in [1.54, 1.807) is 0 Å². The summed E-state index contributed by atoms with van der Waals surface area (Å²) in [6, 6.07) is 11.6. The largest absolute Gasteiger partial charge is 0.457 e. The molecule has 1 aromatic heterocycles. The highest BCUT2D eigenvalue weighted by Crippen LogP contribution is 2.24. The Balaban J connectivity index is 2.07. The van der Waals surface area contributed by atoms with E-state index in [4.69, 9.17) is 4.74 Å². The highest BCUT2D eigenvalue weighted by atomic mass is 16.5. The first-order chi connectivity index (χ1) is 9.38. The Morgan fingerprint density at radius 3 is 2.40 bits per heavy atom. The molecule has 0 unspecified atom stereocenters. The molecule has 2 rings (SSSR count). The molecule has 2 aromatic rings. The molecular weight excluding hydrogens is 250 g/mol. The quantitative estimate of drug-likeness (QED) is 0.797. The summed E-state index contributed by atoms with van der Waals surface area (Å²) < 4.78 is 7.33. The zero-order valence-corrected chi connectivity index (χ0v) is 12.5. The molecular formula is C17H21NO2. The van der Waals surface area contributed by atoms with Gasteiger partial charge in [-0.2, -0.15) is 0 Å². The summed E-state index contributed by atoms with van der Waals surface area (Å²) in [4.78, 5) is 12.1. The Hall–Kier alpha value is -2.03. The van der Waals surface area contributed by atoms with Gasteiger partial charge in [-0.15, -0.1) is 0 Å². The predicted octanol–water partition coefficient (Wildman–Crippen LogP) is 3.68. The van der Waals surface area contributed by atoms with Gasteiger partial charge in [-0.25, -0.2) is 4.79 Å². The van der Waals surface area contributed by atoms with Crippen LogP contribution in [0.25, 0.3) is 0 Å². The number of aryl methyl sites for hydroxylation is 1. The van der Waals surface area contributed by atoms with Crippen molar-refractivity contribution in [2.75, 3.05) is 0 Å². The van der Waals surface area contributed by atoms with Crippen molar-refractivity contribution in [3.63, 3.8) is 0 Å². The number of esters is 1. The molecule has 0 radical (unpaired) electrons. The molecule has 0 fully saturated rings. The average Bonchev–Trinajstić information content (AvgIpc) is 2.79. The lowest BCUT2D eigenvalue weighted by molar-refractivity contribution is 0.0472. The summed E-state index contributed by atoms with van der Waals surface area (Å²) in [5.74, 6) is -0.278. The third-order valence-corrected chi connectivity index (χ3v) is 3.22. The van der Waals surface area contributed by atoms with Crippen LogP contribution in [0.1, 0.15) is 42.4 Å². The molecule has 0 atom stereocenters. The summed E-state index contributed by atoms with van der Waals surface area (Å²) in [6.45, 7) is 6.68. The number of rotatable bonds is 3. The van der Waals surface area contributed by atoms with Gasteiger partial charge in [0.1, 0.15) is 6.61 Å². The van der Waals surface area contributed by atoms with Crippen molar-refractivity contribution in [3.8, 4) is 0 Å². The normalized spacial score (nSPS) is 11.4. The highest BCUT2D eigenvalue weighted by Gasteiger charge is 2.20. The molecule has 1 aromatic carbocycles. The summed E-state index contributed by atoms with van der Waals surface area (Å²) in [5, 5.41) is 0. The number of aromatic nitrogens is 1. The van der Waals surface area contributed by atoms with E-state index < -0.39 is 0 Å². The van der Waals surface area contributed by atoms with Gasteiger partial charge < -0.3 is 9.30 Å². The lowest BCUT2D eigenvalue weighted by Gasteiger charge is -2.19. The molecule has 0 N–H and O–H groups in total. The summed E-state index contributed by atoms with van der Waals surface area (Å²) in [6.07, 6.45) is 1.83. The maximum absolute atomic E-state index is 12.1. The minimum atomic E-state index is -0.278. The zero-order valence-electron chi connectivity index (χ0n) is 12.5. The molecule has 0 aliphatic rings. The van der Waals surface area contributed by atoms with Gasteiger partial charge in [0.25, 0.3) is 0 Å². The predicted molar refractivity (Wildman–Crippen MR) is 79.7 cm³/mol. The number of carbonyl (C=O) groups is 1. The van der Waals surface area contributed by atoms with Gasteiger partial charge in [0.15, 0.2) is 0 Å². The second-order valence-corrected chi connectivity index (χ2v) is 6.04. The van der Waals surface area contributed by atoms with Crippen LogP contribution in [0.5, 0.6) is 0 Å². The Bertz CT molecular complexity index is 591. The Kier molecular flexibility index (Phi) is 3.98. The van der Waals surface area contributed by atoms with Crippen molar-refractivity contribution >= 4 is 5.97 Å². The van der Waals surface area contributed by atoms with Crippen LogP contribution in [0, 0.1) is 0 Å². The molecule has 20 heavy (non-hydrogen) atoms. The van der Waals surface area contributed by atoms with E-state index in [2.05, 4.69) is 20.8 Å². The van der Waals surface area contributed by atoms with Gasteiger partial charge in [-0.1, -0.05) is 51.1 Å². The zero-order chi connectivity index (χ0) is 14.8. The maximum Gasteiger partial charge on any atom is 0.340 e. The molecule has 0 spiro atoms. The van der Waals surface area contributed by atoms with Gasteiger partial charge in [0.05, 0.1) is 5.56 Å². The van der Waals surface area contributed by atoms with Crippen molar-refractivity contribution in [2.24, 2.45) is 7.05 Å². The second kappa shape index (κ2) is 5.53. The number of hydrogen-bond donors (Lipinski definition) is 0. The first-order valence-corrected chi connectivity index (χ1v) is 6.76. The van der Waals surface area contributed by atoms with E-state index in [0.717, 1.165) is 11.3 Å². The van der Waals surface area contributed by atoms with Crippen molar-refractivity contribution < 1.29 is 9.53 Å². The monoisotopic (exact) mass is 271 g/mol. The first kappa shape index (κ1) is 14.4. The van der Waals surface area contributed by atoms with Crippen LogP contribution in [0.2, 0.25) is 0 Å². The smallest absolute Gasteiger partial charge is 0.340 e. The SMILES string of the molecule is Cn1cc(C(=O)OCc2ccccc2)cc1C(C)(C)C. The third kappa shape index (κ3) is 3.29. The number of nitrogens with zero attached hydrogens (tertiary/aromatic N) is 1. The van der Waals surface area contributed by atoms with Crippen molar-refractivity contribution in [1.82, 2.24) is 4.57 Å². The van der Waals surface area contributed by atoms with Crippen molar-refractivity contribution in [1.29, 1.82) is 0 Å². The van der Waals surface area contributed by atoms with Crippen molar-refractivity contribution in [3.05, 3.63) is 59.4 Å². The molecule has 1 heterocycles. The number of ether oxygens (including phenoxy) is 1. The molecule has 3 heteroatoms. The van der Waals surface area contributed by atoms with E-state index in [1.807, 2.05) is 54.2 Å². The number of hydrogen-bond acceptors (Lipinski definition) is 2. The highest BCUT2D eigenvalue weighted by molar-refractivity contribution is 5.89. The summed E-state index contributed by atoms with van der Waals surface area (Å²) in [5.41, 5.74) is 2.72. The van der Waals surface area contributed by atoms with Gasteiger partial charge in [0, 0.05) is 24.4 Å². The molecule has 106 valence electrons. The Morgan fingerprint density at radius 1 is 1.20 bits per heavy atom. The topological polar surface area (TPSA) is 31.2 Å². The van der Waals surface area contributed by atoms with E-state index >= 15 is 0 Å². The van der Waals surface area contributed by atoms with Gasteiger partial charge in [-0.3, -0.25) is 0 Å². The molecule has 0 bridgehead atoms. The van der Waals surface area contributed by atoms with E-state index in [9.17, 15) is 4.79 Å². The lowest BCUT2D eigenvalue weighted by Crippen LogP contribution is -2.15. The number of carbonyl (C=O) groups excluding carboxylic acids is 1. The molecule has 0 saturated carbocycles. The minimum Gasteiger partial charge on any atom is -0.457 e. The third-order valence-electron chi connectivity index (χ3n) is 3.22. The fourth-order valence-corrected chi connectivity index (χ4v) is 2.23. The second-order valence-electron chi connectivity index (χ2n) is 6.04. The lowest BCUT2D eigenvalue weighted by atomic mass is 9.92. The van der Waals surface area contributed by atoms with E-state index in [-0.39, 0.29) is 11.4 Å². The fraction of sp³-hybridized carbons (Fsp3) is 0.353. The average molecular weight is 271 g/mol. The molecule has 0 aliphatic carbocycles. The fourth-order valence-electron chi connectivity index (χ4n) is 2.23. The maximum atomic E-state index is 12.1. The van der Waals surface area contributed by atoms with E-state index in [1.165, 1.54) is 0 Å². The van der Waals surface area contributed by atoms with Gasteiger partial charge in [0.2, 0.25) is 0 Å². The minimum absolute atomic E-state index is 0.00666. The van der Waals surface area contributed by atoms with Crippen molar-refractivity contribution in [2.45, 2.75) is 32.8 Å². The Labute approximate surface area is 120 Å². The van der Waals surface area contributed by atoms with Gasteiger partial charge in [-0.05, 0) is 11.6 Å². The van der Waals surface area contributed by atoms with Crippen LogP contribution in [-0.4, -0.2) is 10.5 Å². The van der Waals surface area contributed by atoms with Crippen LogP contribution in [0.3, 0.4) is 0 Å². The molecule has 0 aliphatic heterocycles.